The van der Waals surface area contributed by atoms with Crippen LogP contribution in [0.25, 0.3) is 0 Å². The van der Waals surface area contributed by atoms with Crippen LogP contribution in [-0.4, -0.2) is 25.0 Å². The van der Waals surface area contributed by atoms with Crippen LogP contribution in [0.5, 0.6) is 5.75 Å². The fourth-order valence-corrected chi connectivity index (χ4v) is 2.53. The monoisotopic (exact) mass is 374 g/mol. The van der Waals surface area contributed by atoms with E-state index in [1.807, 2.05) is 38.1 Å². The minimum atomic E-state index is -0.628. The Morgan fingerprint density at radius 3 is 2.19 bits per heavy atom. The van der Waals surface area contributed by atoms with Crippen molar-refractivity contribution in [2.45, 2.75) is 26.4 Å². The van der Waals surface area contributed by atoms with Gasteiger partial charge in [0.2, 0.25) is 5.91 Å². The first-order chi connectivity index (χ1) is 12.4. The smallest absolute Gasteiger partial charge is 0.251 e. The van der Waals surface area contributed by atoms with Crippen molar-refractivity contribution in [1.82, 2.24) is 10.6 Å². The van der Waals surface area contributed by atoms with Crippen molar-refractivity contribution in [3.8, 4) is 5.75 Å². The van der Waals surface area contributed by atoms with E-state index in [1.165, 1.54) is 0 Å². The van der Waals surface area contributed by atoms with Gasteiger partial charge >= 0.3 is 0 Å². The Labute approximate surface area is 158 Å². The number of methoxy groups -OCH3 is 1. The molecular formula is C20H23ClN2O3. The Morgan fingerprint density at radius 2 is 1.65 bits per heavy atom. The van der Waals surface area contributed by atoms with E-state index in [1.54, 1.807) is 31.4 Å². The van der Waals surface area contributed by atoms with Crippen LogP contribution < -0.4 is 15.4 Å². The van der Waals surface area contributed by atoms with Crippen molar-refractivity contribution in [3.05, 3.63) is 64.7 Å². The standard InChI is InChI=1S/C20H23ClN2O3/c1-13(2)18(23-19(24)15-6-8-16(21)9-7-15)20(25)22-12-14-4-10-17(26-3)11-5-14/h4-11,13,18H,12H2,1-3H3,(H,22,25)(H,23,24)/t18-/m0/s1. The zero-order chi connectivity index (χ0) is 19.1. The predicted octanol–water partition coefficient (Wildman–Crippen LogP) is 3.42. The zero-order valence-corrected chi connectivity index (χ0v) is 15.8. The number of halogens is 1. The van der Waals surface area contributed by atoms with Gasteiger partial charge < -0.3 is 15.4 Å². The molecule has 0 saturated heterocycles. The lowest BCUT2D eigenvalue weighted by atomic mass is 10.0. The van der Waals surface area contributed by atoms with Crippen LogP contribution in [0.1, 0.15) is 29.8 Å². The van der Waals surface area contributed by atoms with Crippen LogP contribution >= 0.6 is 11.6 Å². The van der Waals surface area contributed by atoms with E-state index < -0.39 is 6.04 Å². The largest absolute Gasteiger partial charge is 0.497 e. The summed E-state index contributed by atoms with van der Waals surface area (Å²) in [6.45, 7) is 4.16. The van der Waals surface area contributed by atoms with E-state index in [-0.39, 0.29) is 17.7 Å². The highest BCUT2D eigenvalue weighted by Gasteiger charge is 2.24. The van der Waals surface area contributed by atoms with E-state index in [0.29, 0.717) is 17.1 Å². The molecule has 0 aliphatic rings. The molecule has 0 saturated carbocycles. The second-order valence-corrected chi connectivity index (χ2v) is 6.70. The Bertz CT molecular complexity index is 743. The molecule has 2 rings (SSSR count). The van der Waals surface area contributed by atoms with Gasteiger partial charge in [-0.1, -0.05) is 37.6 Å². The lowest BCUT2D eigenvalue weighted by Gasteiger charge is -2.22. The first kappa shape index (κ1) is 19.8. The highest BCUT2D eigenvalue weighted by atomic mass is 35.5. The molecule has 0 radical (unpaired) electrons. The van der Waals surface area contributed by atoms with Gasteiger partial charge in [0.05, 0.1) is 7.11 Å². The van der Waals surface area contributed by atoms with Crippen molar-refractivity contribution >= 4 is 23.4 Å². The quantitative estimate of drug-likeness (QED) is 0.780. The Morgan fingerprint density at radius 1 is 1.04 bits per heavy atom. The van der Waals surface area contributed by atoms with Crippen LogP contribution in [0.2, 0.25) is 5.02 Å². The molecule has 138 valence electrons. The van der Waals surface area contributed by atoms with Crippen molar-refractivity contribution in [2.24, 2.45) is 5.92 Å². The summed E-state index contributed by atoms with van der Waals surface area (Å²) in [5, 5.41) is 6.22. The summed E-state index contributed by atoms with van der Waals surface area (Å²) >= 11 is 5.84. The van der Waals surface area contributed by atoms with Gasteiger partial charge in [0, 0.05) is 17.1 Å². The molecule has 2 aromatic rings. The molecule has 6 heteroatoms. The summed E-state index contributed by atoms with van der Waals surface area (Å²) in [5.41, 5.74) is 1.41. The fourth-order valence-electron chi connectivity index (χ4n) is 2.40. The topological polar surface area (TPSA) is 67.4 Å². The maximum atomic E-state index is 12.5. The van der Waals surface area contributed by atoms with Crippen molar-refractivity contribution in [1.29, 1.82) is 0 Å². The molecule has 0 fully saturated rings. The SMILES string of the molecule is COc1ccc(CNC(=O)[C@@H](NC(=O)c2ccc(Cl)cc2)C(C)C)cc1. The molecule has 0 aromatic heterocycles. The second kappa shape index (κ2) is 9.25. The molecule has 0 aliphatic heterocycles. The molecule has 0 spiro atoms. The Kier molecular flexibility index (Phi) is 7.04. The van der Waals surface area contributed by atoms with Crippen molar-refractivity contribution < 1.29 is 14.3 Å². The van der Waals surface area contributed by atoms with Crippen molar-refractivity contribution in [3.63, 3.8) is 0 Å². The fraction of sp³-hybridized carbons (Fsp3) is 0.300. The Hall–Kier alpha value is -2.53. The lowest BCUT2D eigenvalue weighted by molar-refractivity contribution is -0.124. The molecule has 5 nitrogen and oxygen atoms in total. The summed E-state index contributed by atoms with van der Waals surface area (Å²) in [4.78, 5) is 24.9. The van der Waals surface area contributed by atoms with Gasteiger partial charge in [0.15, 0.2) is 0 Å². The summed E-state index contributed by atoms with van der Waals surface area (Å²) in [7, 11) is 1.60. The summed E-state index contributed by atoms with van der Waals surface area (Å²) in [6, 6.07) is 13.4. The van der Waals surface area contributed by atoms with Crippen molar-refractivity contribution in [2.75, 3.05) is 7.11 Å². The van der Waals surface area contributed by atoms with Gasteiger partial charge in [-0.05, 0) is 47.9 Å². The minimum Gasteiger partial charge on any atom is -0.497 e. The van der Waals surface area contributed by atoms with E-state index in [9.17, 15) is 9.59 Å². The lowest BCUT2D eigenvalue weighted by Crippen LogP contribution is -2.49. The molecule has 0 aliphatic carbocycles. The third kappa shape index (κ3) is 5.49. The van der Waals surface area contributed by atoms with Gasteiger partial charge in [-0.25, -0.2) is 0 Å². The molecule has 0 unspecified atom stereocenters. The number of rotatable bonds is 7. The number of ether oxygens (including phenoxy) is 1. The zero-order valence-electron chi connectivity index (χ0n) is 15.1. The highest BCUT2D eigenvalue weighted by Crippen LogP contribution is 2.12. The molecule has 0 heterocycles. The van der Waals surface area contributed by atoms with Gasteiger partial charge in [0.1, 0.15) is 11.8 Å². The second-order valence-electron chi connectivity index (χ2n) is 6.27. The first-order valence-corrected chi connectivity index (χ1v) is 8.75. The highest BCUT2D eigenvalue weighted by molar-refractivity contribution is 6.30. The van der Waals surface area contributed by atoms with Gasteiger partial charge in [-0.3, -0.25) is 9.59 Å². The van der Waals surface area contributed by atoms with Gasteiger partial charge in [0.25, 0.3) is 5.91 Å². The normalized spacial score (nSPS) is 11.7. The van der Waals surface area contributed by atoms with Gasteiger partial charge in [-0.2, -0.15) is 0 Å². The molecule has 0 bridgehead atoms. The van der Waals surface area contributed by atoms with Crippen LogP contribution in [-0.2, 0) is 11.3 Å². The average Bonchev–Trinajstić information content (AvgIpc) is 2.64. The third-order valence-electron chi connectivity index (χ3n) is 3.97. The molecule has 2 aromatic carbocycles. The number of hydrogen-bond acceptors (Lipinski definition) is 3. The van der Waals surface area contributed by atoms with E-state index in [2.05, 4.69) is 10.6 Å². The predicted molar refractivity (Wildman–Crippen MR) is 102 cm³/mol. The van der Waals surface area contributed by atoms with E-state index >= 15 is 0 Å². The number of benzene rings is 2. The first-order valence-electron chi connectivity index (χ1n) is 8.37. The van der Waals surface area contributed by atoms with Crippen LogP contribution in [0.4, 0.5) is 0 Å². The number of amides is 2. The summed E-state index contributed by atoms with van der Waals surface area (Å²) in [6.07, 6.45) is 0. The summed E-state index contributed by atoms with van der Waals surface area (Å²) < 4.78 is 5.11. The van der Waals surface area contributed by atoms with Crippen LogP contribution in [0, 0.1) is 5.92 Å². The van der Waals surface area contributed by atoms with E-state index in [4.69, 9.17) is 16.3 Å². The number of hydrogen-bond donors (Lipinski definition) is 2. The van der Waals surface area contributed by atoms with Gasteiger partial charge in [-0.15, -0.1) is 0 Å². The molecule has 1 atom stereocenters. The molecule has 26 heavy (non-hydrogen) atoms. The molecule has 2 amide bonds. The minimum absolute atomic E-state index is 0.0536. The third-order valence-corrected chi connectivity index (χ3v) is 4.22. The number of carbonyl (C=O) groups excluding carboxylic acids is 2. The summed E-state index contributed by atoms with van der Waals surface area (Å²) in [5.74, 6) is 0.176. The molecule has 2 N–H and O–H groups in total. The number of carbonyl (C=O) groups is 2. The maximum Gasteiger partial charge on any atom is 0.251 e. The number of nitrogens with one attached hydrogen (secondary N) is 2. The maximum absolute atomic E-state index is 12.5. The Balaban J connectivity index is 1.97. The van der Waals surface area contributed by atoms with E-state index in [0.717, 1.165) is 11.3 Å². The van der Waals surface area contributed by atoms with Crippen LogP contribution in [0.3, 0.4) is 0 Å². The molecular weight excluding hydrogens is 352 g/mol. The average molecular weight is 375 g/mol. The van der Waals surface area contributed by atoms with Crippen LogP contribution in [0.15, 0.2) is 48.5 Å².